The van der Waals surface area contributed by atoms with Gasteiger partial charge >= 0.3 is 11.9 Å². The second-order valence-electron chi connectivity index (χ2n) is 3.27. The van der Waals surface area contributed by atoms with E-state index < -0.39 is 23.9 Å². The Labute approximate surface area is 107 Å². The number of hydrogen-bond donors (Lipinski definition) is 4. The van der Waals surface area contributed by atoms with Crippen LogP contribution in [-0.2, 0) is 14.4 Å². The number of nitrogens with one attached hydrogen (secondary N) is 2. The smallest absolute Gasteiger partial charge is 0.326 e. The van der Waals surface area contributed by atoms with Gasteiger partial charge < -0.3 is 20.8 Å². The predicted molar refractivity (Wildman–Crippen MR) is 66.3 cm³/mol. The maximum atomic E-state index is 11.1. The number of likely N-dealkylation sites (N-methyl/N-ethyl adjacent to an activating group) is 1. The van der Waals surface area contributed by atoms with Crippen LogP contribution < -0.4 is 10.6 Å². The summed E-state index contributed by atoms with van der Waals surface area (Å²) in [6.07, 6.45) is 0.217. The minimum atomic E-state index is -1.16. The fourth-order valence-corrected chi connectivity index (χ4v) is 1.12. The Bertz CT molecular complexity index is 268. The summed E-state index contributed by atoms with van der Waals surface area (Å²) in [5, 5.41) is 22.0. The number of amides is 1. The van der Waals surface area contributed by atoms with Crippen LogP contribution in [0.5, 0.6) is 0 Å². The zero-order chi connectivity index (χ0) is 14.6. The molecule has 0 saturated carbocycles. The van der Waals surface area contributed by atoms with E-state index in [2.05, 4.69) is 10.6 Å². The summed E-state index contributed by atoms with van der Waals surface area (Å²) in [4.78, 5) is 32.1. The average molecular weight is 262 g/mol. The van der Waals surface area contributed by atoms with Gasteiger partial charge in [-0.2, -0.15) is 0 Å². The summed E-state index contributed by atoms with van der Waals surface area (Å²) in [6.45, 7) is 4.03. The van der Waals surface area contributed by atoms with Gasteiger partial charge in [-0.25, -0.2) is 4.79 Å². The van der Waals surface area contributed by atoms with E-state index in [4.69, 9.17) is 10.2 Å². The third kappa shape index (κ3) is 10.9. The predicted octanol–water partition coefficient (Wildman–Crippen LogP) is 0.0563. The molecule has 0 aliphatic heterocycles. The van der Waals surface area contributed by atoms with Crippen molar-refractivity contribution in [2.75, 3.05) is 13.6 Å². The van der Waals surface area contributed by atoms with Crippen LogP contribution in [0.15, 0.2) is 0 Å². The lowest BCUT2D eigenvalue weighted by atomic mass is 10.1. The summed E-state index contributed by atoms with van der Waals surface area (Å²) >= 11 is 0. The highest BCUT2D eigenvalue weighted by Gasteiger charge is 2.19. The van der Waals surface area contributed by atoms with E-state index in [9.17, 15) is 14.4 Å². The first-order chi connectivity index (χ1) is 8.47. The van der Waals surface area contributed by atoms with Gasteiger partial charge in [0.15, 0.2) is 0 Å². The lowest BCUT2D eigenvalue weighted by Crippen LogP contribution is -2.44. The molecule has 0 aromatic rings. The molecule has 0 spiro atoms. The Hall–Kier alpha value is -1.63. The van der Waals surface area contributed by atoms with Gasteiger partial charge in [0, 0.05) is 6.42 Å². The second kappa shape index (κ2) is 11.8. The lowest BCUT2D eigenvalue weighted by Gasteiger charge is -2.13. The number of carboxylic acid groups (broad SMARTS) is 2. The normalized spacial score (nSPS) is 10.8. The molecule has 0 aromatic carbocycles. The fraction of sp³-hybridized carbons (Fsp3) is 0.727. The Balaban J connectivity index is 0. The third-order valence-electron chi connectivity index (χ3n) is 1.85. The molecule has 1 unspecified atom stereocenters. The molecule has 18 heavy (non-hydrogen) atoms. The zero-order valence-electron chi connectivity index (χ0n) is 11.0. The van der Waals surface area contributed by atoms with Crippen molar-refractivity contribution in [1.29, 1.82) is 0 Å². The first-order valence-electron chi connectivity index (χ1n) is 5.86. The quantitative estimate of drug-likeness (QED) is 0.491. The van der Waals surface area contributed by atoms with E-state index in [1.54, 1.807) is 7.05 Å². The average Bonchev–Trinajstić information content (AvgIpc) is 2.30. The summed E-state index contributed by atoms with van der Waals surface area (Å²) in [5.41, 5.74) is 0. The van der Waals surface area contributed by atoms with Gasteiger partial charge in [0.1, 0.15) is 6.04 Å². The minimum Gasteiger partial charge on any atom is -0.481 e. The highest BCUT2D eigenvalue weighted by atomic mass is 16.4. The van der Waals surface area contributed by atoms with E-state index in [1.807, 2.05) is 13.8 Å². The van der Waals surface area contributed by atoms with Gasteiger partial charge in [0.05, 0.1) is 6.54 Å². The molecule has 106 valence electrons. The summed E-state index contributed by atoms with van der Waals surface area (Å²) < 4.78 is 0. The molecule has 0 fully saturated rings. The van der Waals surface area contributed by atoms with Crippen molar-refractivity contribution in [3.8, 4) is 0 Å². The highest BCUT2D eigenvalue weighted by molar-refractivity contribution is 5.84. The molecule has 7 nitrogen and oxygen atoms in total. The Morgan fingerprint density at radius 2 is 1.72 bits per heavy atom. The molecule has 0 bridgehead atoms. The molecule has 0 radical (unpaired) electrons. The monoisotopic (exact) mass is 262 g/mol. The van der Waals surface area contributed by atoms with Crippen molar-refractivity contribution >= 4 is 17.8 Å². The van der Waals surface area contributed by atoms with Crippen molar-refractivity contribution in [3.05, 3.63) is 0 Å². The number of aliphatic carboxylic acids is 2. The molecule has 0 aromatic heterocycles. The minimum absolute atomic E-state index is 0.0305. The fourth-order valence-electron chi connectivity index (χ4n) is 1.12. The molecular weight excluding hydrogens is 240 g/mol. The standard InChI is InChI=1S/C9H16N2O5.C2H6/c1-10-5-7(12)11-6(9(15)16)3-2-4-8(13)14;1-2/h6,10H,2-5H2,1H3,(H,11,12)(H,13,14)(H,15,16);1-2H3. The molecule has 1 atom stereocenters. The van der Waals surface area contributed by atoms with Gasteiger partial charge in [-0.3, -0.25) is 9.59 Å². The number of hydrogen-bond acceptors (Lipinski definition) is 4. The van der Waals surface area contributed by atoms with Gasteiger partial charge in [0.2, 0.25) is 5.91 Å². The first kappa shape index (κ1) is 18.7. The van der Waals surface area contributed by atoms with Crippen LogP contribution in [-0.4, -0.2) is 47.7 Å². The number of carbonyl (C=O) groups is 3. The van der Waals surface area contributed by atoms with Crippen LogP contribution in [0.3, 0.4) is 0 Å². The molecule has 0 aliphatic carbocycles. The molecule has 0 saturated heterocycles. The molecule has 0 aliphatic rings. The number of carboxylic acids is 2. The Morgan fingerprint density at radius 1 is 1.17 bits per heavy atom. The third-order valence-corrected chi connectivity index (χ3v) is 1.85. The van der Waals surface area contributed by atoms with Crippen molar-refractivity contribution in [1.82, 2.24) is 10.6 Å². The van der Waals surface area contributed by atoms with Crippen molar-refractivity contribution < 1.29 is 24.6 Å². The van der Waals surface area contributed by atoms with E-state index in [0.29, 0.717) is 0 Å². The van der Waals surface area contributed by atoms with E-state index in [-0.39, 0.29) is 25.8 Å². The SMILES string of the molecule is CC.CNCC(=O)NC(CCCC(=O)O)C(=O)O. The van der Waals surface area contributed by atoms with Crippen LogP contribution in [0.1, 0.15) is 33.1 Å². The largest absolute Gasteiger partial charge is 0.481 e. The van der Waals surface area contributed by atoms with Gasteiger partial charge in [-0.05, 0) is 19.9 Å². The van der Waals surface area contributed by atoms with Crippen molar-refractivity contribution in [3.63, 3.8) is 0 Å². The summed E-state index contributed by atoms with van der Waals surface area (Å²) in [5.74, 6) is -2.56. The second-order valence-corrected chi connectivity index (χ2v) is 3.27. The Morgan fingerprint density at radius 3 is 2.11 bits per heavy atom. The summed E-state index contributed by atoms with van der Waals surface area (Å²) in [6, 6.07) is -1.03. The van der Waals surface area contributed by atoms with Gasteiger partial charge in [-0.1, -0.05) is 13.8 Å². The van der Waals surface area contributed by atoms with E-state index >= 15 is 0 Å². The van der Waals surface area contributed by atoms with Gasteiger partial charge in [-0.15, -0.1) is 0 Å². The van der Waals surface area contributed by atoms with Crippen LogP contribution in [0, 0.1) is 0 Å². The van der Waals surface area contributed by atoms with Crippen molar-refractivity contribution in [2.24, 2.45) is 0 Å². The number of carbonyl (C=O) groups excluding carboxylic acids is 1. The molecule has 1 amide bonds. The van der Waals surface area contributed by atoms with Crippen LogP contribution >= 0.6 is 0 Å². The van der Waals surface area contributed by atoms with Crippen LogP contribution in [0.2, 0.25) is 0 Å². The lowest BCUT2D eigenvalue weighted by molar-refractivity contribution is -0.142. The molecule has 4 N–H and O–H groups in total. The maximum absolute atomic E-state index is 11.1. The van der Waals surface area contributed by atoms with Crippen LogP contribution in [0.4, 0.5) is 0 Å². The van der Waals surface area contributed by atoms with E-state index in [1.165, 1.54) is 0 Å². The Kier molecular flexibility index (Phi) is 12.3. The van der Waals surface area contributed by atoms with Crippen molar-refractivity contribution in [2.45, 2.75) is 39.2 Å². The van der Waals surface area contributed by atoms with E-state index in [0.717, 1.165) is 0 Å². The molecule has 7 heteroatoms. The molecule has 0 rings (SSSR count). The number of rotatable bonds is 8. The summed E-state index contributed by atoms with van der Waals surface area (Å²) in [7, 11) is 1.57. The molecule has 0 heterocycles. The topological polar surface area (TPSA) is 116 Å². The van der Waals surface area contributed by atoms with Gasteiger partial charge in [0.25, 0.3) is 0 Å². The molecular formula is C11H22N2O5. The highest BCUT2D eigenvalue weighted by Crippen LogP contribution is 2.01. The maximum Gasteiger partial charge on any atom is 0.326 e. The first-order valence-corrected chi connectivity index (χ1v) is 5.86. The zero-order valence-corrected chi connectivity index (χ0v) is 11.0. The van der Waals surface area contributed by atoms with Crippen LogP contribution in [0.25, 0.3) is 0 Å².